The van der Waals surface area contributed by atoms with Gasteiger partial charge in [-0.05, 0) is 154 Å². The minimum atomic E-state index is -0.865. The van der Waals surface area contributed by atoms with Crippen LogP contribution in [0.3, 0.4) is 0 Å². The van der Waals surface area contributed by atoms with Crippen molar-refractivity contribution < 1.29 is 19.4 Å². The van der Waals surface area contributed by atoms with E-state index in [0.29, 0.717) is 34.0 Å². The highest BCUT2D eigenvalue weighted by Gasteiger charge is 2.71. The number of fused-ring (bicyclic) bond motifs is 7. The minimum Gasteiger partial charge on any atom is -0.481 e. The molecular weight excluding hydrogens is 570 g/mol. The molecule has 0 aromatic heterocycles. The summed E-state index contributed by atoms with van der Waals surface area (Å²) in [4.78, 5) is 27.1. The lowest BCUT2D eigenvalue weighted by Crippen LogP contribution is -2.66. The standard InChI is InChI=1S/C41H69NO4/c1-12-42(11)24-23-41-20-15-28(27(2)3)35(41)29-13-14-31-38(8)18-17-32(46-34(45)26-36(4,5)25-33(43)44)37(6,7)30(38)16-19-40(31,10)39(29,9)21-22-41/h28-32,35H,2,12-26H2,1,3-11H3,(H,43,44)/t28-,29+,30-,31+,32-,35+,38-,39+,40+,41+/m0/s1. The van der Waals surface area contributed by atoms with Gasteiger partial charge in [-0.2, -0.15) is 0 Å². The van der Waals surface area contributed by atoms with Crippen molar-refractivity contribution in [3.8, 4) is 0 Å². The summed E-state index contributed by atoms with van der Waals surface area (Å²) in [5.74, 6) is 2.32. The molecule has 5 aliphatic rings. The zero-order valence-corrected chi connectivity index (χ0v) is 31.4. The summed E-state index contributed by atoms with van der Waals surface area (Å²) < 4.78 is 6.28. The van der Waals surface area contributed by atoms with Crippen LogP contribution in [0.25, 0.3) is 0 Å². The smallest absolute Gasteiger partial charge is 0.306 e. The molecular formula is C41H69NO4. The molecule has 5 nitrogen and oxygen atoms in total. The molecule has 0 saturated heterocycles. The zero-order chi connectivity index (χ0) is 34.1. The van der Waals surface area contributed by atoms with Gasteiger partial charge >= 0.3 is 11.9 Å². The first-order valence-electron chi connectivity index (χ1n) is 19.0. The maximum atomic E-state index is 13.2. The van der Waals surface area contributed by atoms with E-state index in [1.54, 1.807) is 0 Å². The topological polar surface area (TPSA) is 66.8 Å². The quantitative estimate of drug-likeness (QED) is 0.190. The van der Waals surface area contributed by atoms with Crippen LogP contribution in [0.2, 0.25) is 0 Å². The number of nitrogens with zero attached hydrogens (tertiary/aromatic N) is 1. The van der Waals surface area contributed by atoms with E-state index in [1.807, 2.05) is 13.8 Å². The van der Waals surface area contributed by atoms with Crippen molar-refractivity contribution in [1.29, 1.82) is 0 Å². The van der Waals surface area contributed by atoms with Crippen LogP contribution < -0.4 is 0 Å². The number of hydrogen-bond acceptors (Lipinski definition) is 4. The van der Waals surface area contributed by atoms with Gasteiger partial charge in [0, 0.05) is 5.41 Å². The second kappa shape index (κ2) is 12.2. The number of ether oxygens (including phenoxy) is 1. The molecule has 0 spiro atoms. The fraction of sp³-hybridized carbons (Fsp3) is 0.902. The molecule has 1 N–H and O–H groups in total. The van der Waals surface area contributed by atoms with Crippen molar-refractivity contribution in [2.75, 3.05) is 20.1 Å². The Bertz CT molecular complexity index is 1190. The molecule has 5 heteroatoms. The third kappa shape index (κ3) is 5.73. The van der Waals surface area contributed by atoms with Gasteiger partial charge in [0.15, 0.2) is 0 Å². The molecule has 0 aromatic carbocycles. The second-order valence-electron chi connectivity index (χ2n) is 19.4. The first-order chi connectivity index (χ1) is 21.3. The van der Waals surface area contributed by atoms with E-state index >= 15 is 0 Å². The van der Waals surface area contributed by atoms with Crippen molar-refractivity contribution in [2.45, 2.75) is 152 Å². The van der Waals surface area contributed by atoms with Gasteiger partial charge in [0.25, 0.3) is 0 Å². The monoisotopic (exact) mass is 640 g/mol. The molecule has 5 rings (SSSR count). The lowest BCUT2D eigenvalue weighted by Gasteiger charge is -2.73. The molecule has 5 saturated carbocycles. The Balaban J connectivity index is 1.38. The zero-order valence-electron chi connectivity index (χ0n) is 31.4. The van der Waals surface area contributed by atoms with E-state index in [-0.39, 0.29) is 35.7 Å². The molecule has 0 unspecified atom stereocenters. The summed E-state index contributed by atoms with van der Waals surface area (Å²) >= 11 is 0. The maximum absolute atomic E-state index is 13.2. The molecule has 46 heavy (non-hydrogen) atoms. The number of carboxylic acid groups (broad SMARTS) is 1. The number of carboxylic acids is 1. The van der Waals surface area contributed by atoms with E-state index in [0.717, 1.165) is 31.2 Å². The van der Waals surface area contributed by atoms with E-state index < -0.39 is 11.4 Å². The Morgan fingerprint density at radius 2 is 1.59 bits per heavy atom. The van der Waals surface area contributed by atoms with Gasteiger partial charge in [-0.1, -0.05) is 67.5 Å². The second-order valence-corrected chi connectivity index (χ2v) is 19.4. The number of rotatable bonds is 10. The highest BCUT2D eigenvalue weighted by molar-refractivity contribution is 5.73. The number of hydrogen-bond donors (Lipinski definition) is 1. The Kier molecular flexibility index (Phi) is 9.53. The highest BCUT2D eigenvalue weighted by atomic mass is 16.5. The van der Waals surface area contributed by atoms with Crippen molar-refractivity contribution >= 4 is 11.9 Å². The molecule has 0 bridgehead atoms. The summed E-state index contributed by atoms with van der Waals surface area (Å²) in [6.07, 6.45) is 14.0. The number of carbonyl (C=O) groups excluding carboxylic acids is 1. The maximum Gasteiger partial charge on any atom is 0.306 e. The summed E-state index contributed by atoms with van der Waals surface area (Å²) in [5, 5.41) is 9.32. The Hall–Kier alpha value is -1.36. The fourth-order valence-electron chi connectivity index (χ4n) is 13.5. The van der Waals surface area contributed by atoms with E-state index in [1.165, 1.54) is 69.9 Å². The van der Waals surface area contributed by atoms with Crippen LogP contribution in [0.4, 0.5) is 0 Å². The number of esters is 1. The Morgan fingerprint density at radius 1 is 0.891 bits per heavy atom. The third-order valence-electron chi connectivity index (χ3n) is 16.2. The van der Waals surface area contributed by atoms with Gasteiger partial charge in [0.1, 0.15) is 6.10 Å². The number of aliphatic carboxylic acids is 1. The van der Waals surface area contributed by atoms with Gasteiger partial charge < -0.3 is 14.7 Å². The fourth-order valence-corrected chi connectivity index (χ4v) is 13.5. The molecule has 0 amide bonds. The van der Waals surface area contributed by atoms with Crippen molar-refractivity contribution in [3.63, 3.8) is 0 Å². The van der Waals surface area contributed by atoms with Gasteiger partial charge in [0.2, 0.25) is 0 Å². The lowest BCUT2D eigenvalue weighted by atomic mass is 9.32. The Labute approximate surface area is 282 Å². The average Bonchev–Trinajstić information content (AvgIpc) is 3.33. The van der Waals surface area contributed by atoms with Crippen LogP contribution in [0.15, 0.2) is 12.2 Å². The molecule has 5 aliphatic carbocycles. The highest BCUT2D eigenvalue weighted by Crippen LogP contribution is 2.78. The summed E-state index contributed by atoms with van der Waals surface area (Å²) in [7, 11) is 2.30. The van der Waals surface area contributed by atoms with Crippen molar-refractivity contribution in [1.82, 2.24) is 4.90 Å². The third-order valence-corrected chi connectivity index (χ3v) is 16.2. The van der Waals surface area contributed by atoms with Gasteiger partial charge in [-0.3, -0.25) is 9.59 Å². The molecule has 0 aliphatic heterocycles. The van der Waals surface area contributed by atoms with Crippen LogP contribution >= 0.6 is 0 Å². The number of allylic oxidation sites excluding steroid dienone is 1. The average molecular weight is 640 g/mol. The van der Waals surface area contributed by atoms with Crippen LogP contribution in [-0.2, 0) is 14.3 Å². The Morgan fingerprint density at radius 3 is 2.22 bits per heavy atom. The van der Waals surface area contributed by atoms with Crippen molar-refractivity contribution in [2.24, 2.45) is 62.1 Å². The number of carbonyl (C=O) groups is 2. The molecule has 0 aromatic rings. The minimum absolute atomic E-state index is 0.0260. The molecule has 0 radical (unpaired) electrons. The van der Waals surface area contributed by atoms with Gasteiger partial charge in [0.05, 0.1) is 12.8 Å². The first kappa shape index (κ1) is 35.9. The molecule has 262 valence electrons. The summed E-state index contributed by atoms with van der Waals surface area (Å²) in [6.45, 7) is 28.1. The van der Waals surface area contributed by atoms with Crippen LogP contribution in [0.1, 0.15) is 146 Å². The van der Waals surface area contributed by atoms with Crippen LogP contribution in [0, 0.1) is 62.1 Å². The predicted octanol–water partition coefficient (Wildman–Crippen LogP) is 9.79. The lowest BCUT2D eigenvalue weighted by molar-refractivity contribution is -0.250. The van der Waals surface area contributed by atoms with Crippen LogP contribution in [0.5, 0.6) is 0 Å². The summed E-state index contributed by atoms with van der Waals surface area (Å²) in [6, 6.07) is 0. The SMILES string of the molecule is C=C(C)[C@@H]1CC[C@]2(CCN(C)CC)CC[C@]3(C)[C@H](CC[C@@H]4[C@@]5(C)CC[C@H](OC(=O)CC(C)(C)CC(=O)O)C(C)(C)[C@@H]5CC[C@]43C)[C@@H]12. The van der Waals surface area contributed by atoms with Gasteiger partial charge in [-0.15, -0.1) is 0 Å². The molecule has 5 fully saturated rings. The predicted molar refractivity (Wildman–Crippen MR) is 187 cm³/mol. The molecule has 10 atom stereocenters. The van der Waals surface area contributed by atoms with E-state index in [4.69, 9.17) is 4.74 Å². The van der Waals surface area contributed by atoms with Gasteiger partial charge in [-0.25, -0.2) is 0 Å². The summed E-state index contributed by atoms with van der Waals surface area (Å²) in [5.41, 5.74) is 2.09. The van der Waals surface area contributed by atoms with Crippen LogP contribution in [-0.4, -0.2) is 48.2 Å². The largest absolute Gasteiger partial charge is 0.481 e. The first-order valence-corrected chi connectivity index (χ1v) is 19.0. The normalized spacial score (nSPS) is 43.2. The van der Waals surface area contributed by atoms with E-state index in [2.05, 4.69) is 67.0 Å². The van der Waals surface area contributed by atoms with Crippen molar-refractivity contribution in [3.05, 3.63) is 12.2 Å². The van der Waals surface area contributed by atoms with E-state index in [9.17, 15) is 14.7 Å². The molecule has 0 heterocycles.